The van der Waals surface area contributed by atoms with Gasteiger partial charge in [-0.2, -0.15) is 0 Å². The highest BCUT2D eigenvalue weighted by atomic mass is 16.4. The van der Waals surface area contributed by atoms with Gasteiger partial charge in [0.1, 0.15) is 11.4 Å². The van der Waals surface area contributed by atoms with Gasteiger partial charge in [0, 0.05) is 78.1 Å². The molecule has 0 fully saturated rings. The number of hydrogen-bond acceptors (Lipinski definition) is 17. The molecule has 0 aliphatic carbocycles. The molecule has 0 radical (unpaired) electrons. The Hall–Kier alpha value is -16.4. The quantitative estimate of drug-likeness (QED) is 0.0931. The van der Waals surface area contributed by atoms with Crippen LogP contribution in [0.25, 0.3) is 170 Å². The lowest BCUT2D eigenvalue weighted by Crippen LogP contribution is -1.95. The van der Waals surface area contributed by atoms with Crippen molar-refractivity contribution in [1.82, 2.24) is 70.5 Å². The van der Waals surface area contributed by atoms with Crippen LogP contribution in [0.2, 0.25) is 0 Å². The van der Waals surface area contributed by atoms with Crippen molar-refractivity contribution in [2.75, 3.05) is 0 Å². The molecule has 17 heteroatoms. The minimum Gasteiger partial charge on any atom is -0.416 e. The Morgan fingerprint density at radius 1 is 0.147 bits per heavy atom. The average molecular weight is 1680 g/mol. The molecular weight excluding hydrogens is 1590 g/mol. The largest absolute Gasteiger partial charge is 0.416 e. The number of aryl methyl sites for hydroxylation is 12. The first-order valence-corrected chi connectivity index (χ1v) is 42.6. The lowest BCUT2D eigenvalue weighted by molar-refractivity contribution is 0.580. The first kappa shape index (κ1) is 86.1. The normalized spacial score (nSPS) is 10.8. The minimum absolute atomic E-state index is 0.324. The molecule has 0 saturated heterocycles. The zero-order valence-electron chi connectivity index (χ0n) is 74.0. The standard InChI is InChI=1S/C33H24N6O3.C26H23N.C19H17N.C18H16N2.C16H14N4/c1-19-4-10-22(11-5-19)28-34-37-31(40-28)25-16-26(32-38-35-29(41-32)23-12-6-20(2)7-13-23)18-27(17-25)33-39-36-30(42-33)24-14-8-21(3)9-15-24;1-18-4-10-21(11-5-18)24-16-25(22-12-6-19(2)7-13-22)27-26(17-24)23-14-8-20(3)9-15-23;1-14-6-10-16(11-7-14)18-4-3-5-19(20-18)17-12-8-15(2)9-13-17;1-13-3-7-15(8-4-13)17-11-19-12-18(20-17)16-9-5-14(2)6-10-16;1-11-5-3-7-13(18-11)15-9-17-10-16(20-15)14-8-4-6-12(2)19-14/h4-18H,1-3H3;4-17H,1-3H3;3-13H,1-2H3;3-12H,1-2H3;3-10H,1-2H3. The van der Waals surface area contributed by atoms with Crippen LogP contribution in [0.4, 0.5) is 0 Å². The summed E-state index contributed by atoms with van der Waals surface area (Å²) >= 11 is 0. The summed E-state index contributed by atoms with van der Waals surface area (Å²) in [7, 11) is 0. The van der Waals surface area contributed by atoms with Crippen LogP contribution in [-0.2, 0) is 0 Å². The number of rotatable bonds is 15. The van der Waals surface area contributed by atoms with E-state index in [1.807, 2.05) is 174 Å². The van der Waals surface area contributed by atoms with Crippen LogP contribution >= 0.6 is 0 Å². The fraction of sp³-hybridized carbons (Fsp3) is 0.107. The van der Waals surface area contributed by atoms with Crippen molar-refractivity contribution in [2.45, 2.75) is 83.1 Å². The van der Waals surface area contributed by atoms with E-state index in [0.717, 1.165) is 135 Å². The third-order valence-electron chi connectivity index (χ3n) is 21.5. The highest BCUT2D eigenvalue weighted by Gasteiger charge is 2.21. The van der Waals surface area contributed by atoms with Crippen LogP contribution in [0.1, 0.15) is 67.0 Å². The number of hydrogen-bond donors (Lipinski definition) is 0. The van der Waals surface area contributed by atoms with Gasteiger partial charge in [-0.05, 0) is 197 Å². The van der Waals surface area contributed by atoms with Gasteiger partial charge in [-0.15, -0.1) is 30.6 Å². The van der Waals surface area contributed by atoms with Crippen LogP contribution in [0.5, 0.6) is 0 Å². The molecule has 0 aliphatic heterocycles. The summed E-state index contributed by atoms with van der Waals surface area (Å²) in [4.78, 5) is 36.6. The maximum absolute atomic E-state index is 6.09. The number of pyridine rings is 4. The van der Waals surface area contributed by atoms with Crippen LogP contribution in [-0.4, -0.2) is 70.5 Å². The zero-order chi connectivity index (χ0) is 89.3. The van der Waals surface area contributed by atoms with E-state index >= 15 is 0 Å². The fourth-order valence-corrected chi connectivity index (χ4v) is 13.9. The van der Waals surface area contributed by atoms with Crippen molar-refractivity contribution >= 4 is 0 Å². The van der Waals surface area contributed by atoms with Gasteiger partial charge in [-0.3, -0.25) is 19.9 Å². The Bertz CT molecular complexity index is 6470. The first-order chi connectivity index (χ1) is 62.7. The second kappa shape index (κ2) is 40.1. The molecule has 129 heavy (non-hydrogen) atoms. The third kappa shape index (κ3) is 22.4. The molecule has 17 nitrogen and oxygen atoms in total. The zero-order valence-corrected chi connectivity index (χ0v) is 74.0. The van der Waals surface area contributed by atoms with E-state index < -0.39 is 0 Å². The summed E-state index contributed by atoms with van der Waals surface area (Å²) in [6.45, 7) is 24.7. The monoisotopic (exact) mass is 1680 g/mol. The summed E-state index contributed by atoms with van der Waals surface area (Å²) in [5, 5.41) is 25.8. The molecule has 0 atom stereocenters. The Morgan fingerprint density at radius 3 is 0.628 bits per heavy atom. The highest BCUT2D eigenvalue weighted by molar-refractivity contribution is 5.79. The molecular formula is C112H94N14O3. The molecule has 0 N–H and O–H groups in total. The molecule has 9 aromatic heterocycles. The molecule has 630 valence electrons. The smallest absolute Gasteiger partial charge is 0.248 e. The minimum atomic E-state index is 0.324. The fourth-order valence-electron chi connectivity index (χ4n) is 13.9. The molecule has 20 rings (SSSR count). The molecule has 0 unspecified atom stereocenters. The molecule has 20 aromatic rings. The van der Waals surface area contributed by atoms with Gasteiger partial charge < -0.3 is 13.3 Å². The number of nitrogens with zero attached hydrogens (tertiary/aromatic N) is 14. The SMILES string of the molecule is Cc1ccc(-c2cc(-c3ccc(C)cc3)nc(-c3ccc(C)cc3)c2)cc1.Cc1ccc(-c2cccc(-c3ccc(C)cc3)n2)cc1.Cc1ccc(-c2cncc(-c3ccc(C)cc3)n2)cc1.Cc1ccc(-c2nnc(-c3cc(-c4nnc(-c5ccc(C)cc5)o4)cc(-c4nnc(-c5ccc(C)cc5)o4)c3)o2)cc1.Cc1cccc(-c2cncc(-c3cccc(C)n3)n2)n1. The Balaban J connectivity index is 0.000000123. The van der Waals surface area contributed by atoms with E-state index in [1.165, 1.54) is 50.1 Å². The van der Waals surface area contributed by atoms with E-state index in [2.05, 4.69) is 304 Å². The van der Waals surface area contributed by atoms with Gasteiger partial charge >= 0.3 is 0 Å². The first-order valence-electron chi connectivity index (χ1n) is 42.6. The van der Waals surface area contributed by atoms with E-state index in [-0.39, 0.29) is 0 Å². The van der Waals surface area contributed by atoms with Gasteiger partial charge in [0.25, 0.3) is 0 Å². The summed E-state index contributed by atoms with van der Waals surface area (Å²) in [6, 6.07) is 111. The van der Waals surface area contributed by atoms with E-state index in [0.29, 0.717) is 52.0 Å². The van der Waals surface area contributed by atoms with Crippen molar-refractivity contribution in [3.63, 3.8) is 0 Å². The van der Waals surface area contributed by atoms with Gasteiger partial charge in [-0.1, -0.05) is 280 Å². The van der Waals surface area contributed by atoms with Crippen LogP contribution in [0.3, 0.4) is 0 Å². The van der Waals surface area contributed by atoms with Gasteiger partial charge in [0.05, 0.1) is 70.3 Å². The van der Waals surface area contributed by atoms with Crippen molar-refractivity contribution in [3.8, 4) is 170 Å². The van der Waals surface area contributed by atoms with E-state index in [4.69, 9.17) is 28.2 Å². The maximum atomic E-state index is 6.09. The predicted molar refractivity (Wildman–Crippen MR) is 517 cm³/mol. The Kier molecular flexibility index (Phi) is 26.7. The second-order valence-electron chi connectivity index (χ2n) is 32.1. The summed E-state index contributed by atoms with van der Waals surface area (Å²) < 4.78 is 18.3. The molecule has 0 bridgehead atoms. The van der Waals surface area contributed by atoms with Crippen LogP contribution < -0.4 is 0 Å². The van der Waals surface area contributed by atoms with Crippen molar-refractivity contribution in [2.24, 2.45) is 0 Å². The number of aromatic nitrogens is 14. The number of benzene rings is 11. The maximum Gasteiger partial charge on any atom is 0.248 e. The van der Waals surface area contributed by atoms with E-state index in [1.54, 1.807) is 12.4 Å². The molecule has 11 aromatic carbocycles. The predicted octanol–water partition coefficient (Wildman–Crippen LogP) is 27.4. The third-order valence-corrected chi connectivity index (χ3v) is 21.5. The average Bonchev–Trinajstić information content (AvgIpc) is 1.68. The topological polar surface area (TPSA) is 220 Å². The van der Waals surface area contributed by atoms with Crippen molar-refractivity contribution in [1.29, 1.82) is 0 Å². The molecule has 0 saturated carbocycles. The molecule has 0 spiro atoms. The second-order valence-corrected chi connectivity index (χ2v) is 32.1. The summed E-state index contributed by atoms with van der Waals surface area (Å²) in [5.41, 5.74) is 36.8. The molecule has 0 amide bonds. The van der Waals surface area contributed by atoms with Gasteiger partial charge in [-0.25, -0.2) is 19.9 Å². The Morgan fingerprint density at radius 2 is 0.349 bits per heavy atom. The molecule has 9 heterocycles. The van der Waals surface area contributed by atoms with Crippen LogP contribution in [0, 0.1) is 83.1 Å². The summed E-state index contributed by atoms with van der Waals surface area (Å²) in [6.07, 6.45) is 7.06. The van der Waals surface area contributed by atoms with Crippen molar-refractivity contribution in [3.05, 3.63) is 419 Å². The highest BCUT2D eigenvalue weighted by Crippen LogP contribution is 2.37. The van der Waals surface area contributed by atoms with Crippen LogP contribution in [0.15, 0.2) is 366 Å². The molecule has 0 aliphatic rings. The Labute approximate surface area is 751 Å². The lowest BCUT2D eigenvalue weighted by atomic mass is 9.99. The lowest BCUT2D eigenvalue weighted by Gasteiger charge is -2.11. The van der Waals surface area contributed by atoms with Gasteiger partial charge in [0.2, 0.25) is 35.3 Å². The van der Waals surface area contributed by atoms with Crippen molar-refractivity contribution < 1.29 is 13.3 Å². The van der Waals surface area contributed by atoms with Gasteiger partial charge in [0.15, 0.2) is 0 Å². The van der Waals surface area contributed by atoms with E-state index in [9.17, 15) is 0 Å². The summed E-state index contributed by atoms with van der Waals surface area (Å²) in [5.74, 6) is 2.21.